The van der Waals surface area contributed by atoms with Gasteiger partial charge in [-0.05, 0) is 24.3 Å². The highest BCUT2D eigenvalue weighted by molar-refractivity contribution is 7.98. The summed E-state index contributed by atoms with van der Waals surface area (Å²) in [4.78, 5) is 3.99. The van der Waals surface area contributed by atoms with Crippen LogP contribution in [-0.4, -0.2) is 43.2 Å². The van der Waals surface area contributed by atoms with Crippen molar-refractivity contribution in [3.63, 3.8) is 0 Å². The fraction of sp³-hybridized carbons (Fsp3) is 0.261. The van der Waals surface area contributed by atoms with Crippen LogP contribution in [0.2, 0.25) is 5.02 Å². The molecular formula is C23H24ClN5O3S3. The van der Waals surface area contributed by atoms with Crippen LogP contribution < -0.4 is 10.6 Å². The van der Waals surface area contributed by atoms with Gasteiger partial charge in [-0.1, -0.05) is 35.0 Å². The number of hydrogen-bond donors (Lipinski definition) is 2. The van der Waals surface area contributed by atoms with E-state index < -0.39 is 9.84 Å². The summed E-state index contributed by atoms with van der Waals surface area (Å²) in [6, 6.07) is 15.2. The molecule has 0 bridgehead atoms. The van der Waals surface area contributed by atoms with Crippen molar-refractivity contribution in [1.82, 2.24) is 20.8 Å². The van der Waals surface area contributed by atoms with Crippen molar-refractivity contribution in [2.24, 2.45) is 0 Å². The van der Waals surface area contributed by atoms with E-state index >= 15 is 0 Å². The SMILES string of the molecule is N#CC(=C(NCCSCc1ccon1)NCCSCc1ncccc1Cl)S(=O)(=O)c1ccccc1. The molecule has 0 saturated carbocycles. The van der Waals surface area contributed by atoms with Crippen molar-refractivity contribution in [2.75, 3.05) is 24.6 Å². The normalized spacial score (nSPS) is 12.0. The van der Waals surface area contributed by atoms with Gasteiger partial charge in [-0.2, -0.15) is 28.8 Å². The van der Waals surface area contributed by atoms with E-state index in [1.807, 2.05) is 6.07 Å². The fourth-order valence-corrected chi connectivity index (χ4v) is 5.98. The number of nitrogens with one attached hydrogen (secondary N) is 2. The summed E-state index contributed by atoms with van der Waals surface area (Å²) >= 11 is 9.37. The first-order valence-corrected chi connectivity index (χ1v) is 14.8. The van der Waals surface area contributed by atoms with Crippen molar-refractivity contribution in [3.8, 4) is 6.07 Å². The zero-order valence-corrected chi connectivity index (χ0v) is 21.9. The molecule has 1 aromatic carbocycles. The monoisotopic (exact) mass is 549 g/mol. The standard InChI is InChI=1S/C23H24ClN5O3S3/c24-20-7-4-9-26-21(20)17-34-14-11-28-23(27-10-13-33-16-18-8-12-32-29-18)22(15-25)35(30,31)19-5-2-1-3-6-19/h1-9,12,27-28H,10-11,13-14,16-17H2. The van der Waals surface area contributed by atoms with Gasteiger partial charge in [-0.3, -0.25) is 4.98 Å². The van der Waals surface area contributed by atoms with Gasteiger partial charge in [0.1, 0.15) is 18.2 Å². The van der Waals surface area contributed by atoms with E-state index in [1.54, 1.807) is 66.1 Å². The largest absolute Gasteiger partial charge is 0.369 e. The first-order chi connectivity index (χ1) is 17.0. The number of aromatic nitrogens is 2. The molecule has 2 aromatic heterocycles. The highest BCUT2D eigenvalue weighted by Crippen LogP contribution is 2.21. The Hall–Kier alpha value is -2.65. The van der Waals surface area contributed by atoms with E-state index in [2.05, 4.69) is 20.8 Å². The lowest BCUT2D eigenvalue weighted by Crippen LogP contribution is -2.32. The number of thioether (sulfide) groups is 2. The average Bonchev–Trinajstić information content (AvgIpc) is 3.38. The topological polar surface area (TPSA) is 121 Å². The molecule has 2 heterocycles. The number of sulfone groups is 1. The zero-order chi connectivity index (χ0) is 24.9. The van der Waals surface area contributed by atoms with Crippen molar-refractivity contribution in [2.45, 2.75) is 16.4 Å². The summed E-state index contributed by atoms with van der Waals surface area (Å²) in [6.07, 6.45) is 3.21. The quantitative estimate of drug-likeness (QED) is 0.223. The number of rotatable bonds is 14. The molecule has 0 aliphatic rings. The van der Waals surface area contributed by atoms with Gasteiger partial charge in [0.25, 0.3) is 0 Å². The second-order valence-corrected chi connectivity index (χ2v) is 11.5. The molecule has 0 aliphatic heterocycles. The molecular weight excluding hydrogens is 526 g/mol. The molecule has 2 N–H and O–H groups in total. The molecule has 0 atom stereocenters. The summed E-state index contributed by atoms with van der Waals surface area (Å²) < 4.78 is 31.1. The molecule has 0 fully saturated rings. The van der Waals surface area contributed by atoms with Crippen LogP contribution in [0.1, 0.15) is 11.4 Å². The van der Waals surface area contributed by atoms with Crippen LogP contribution in [0.4, 0.5) is 0 Å². The molecule has 0 spiro atoms. The Morgan fingerprint density at radius 1 is 1.03 bits per heavy atom. The molecule has 12 heteroatoms. The molecule has 8 nitrogen and oxygen atoms in total. The van der Waals surface area contributed by atoms with Gasteiger partial charge in [0, 0.05) is 48.4 Å². The van der Waals surface area contributed by atoms with Crippen LogP contribution in [-0.2, 0) is 21.3 Å². The number of nitrogens with zero attached hydrogens (tertiary/aromatic N) is 3. The molecule has 3 aromatic rings. The summed E-state index contributed by atoms with van der Waals surface area (Å²) in [6.45, 7) is 0.899. The fourth-order valence-electron chi connectivity index (χ4n) is 2.87. The Morgan fingerprint density at radius 3 is 2.37 bits per heavy atom. The Balaban J connectivity index is 1.64. The average molecular weight is 550 g/mol. The van der Waals surface area contributed by atoms with E-state index in [4.69, 9.17) is 16.1 Å². The molecule has 3 rings (SSSR count). The van der Waals surface area contributed by atoms with Crippen molar-refractivity contribution >= 4 is 45.0 Å². The van der Waals surface area contributed by atoms with Gasteiger partial charge < -0.3 is 15.2 Å². The van der Waals surface area contributed by atoms with E-state index in [-0.39, 0.29) is 15.6 Å². The predicted molar refractivity (Wildman–Crippen MR) is 140 cm³/mol. The molecule has 35 heavy (non-hydrogen) atoms. The third-order valence-electron chi connectivity index (χ3n) is 4.56. The van der Waals surface area contributed by atoms with Gasteiger partial charge in [0.15, 0.2) is 4.91 Å². The van der Waals surface area contributed by atoms with Crippen LogP contribution in [0.5, 0.6) is 0 Å². The van der Waals surface area contributed by atoms with E-state index in [1.165, 1.54) is 18.4 Å². The van der Waals surface area contributed by atoms with Gasteiger partial charge in [-0.15, -0.1) is 0 Å². The summed E-state index contributed by atoms with van der Waals surface area (Å²) in [5, 5.41) is 20.5. The third-order valence-corrected chi connectivity index (χ3v) is 8.59. The van der Waals surface area contributed by atoms with Crippen molar-refractivity contribution in [3.05, 3.63) is 88.1 Å². The molecule has 0 amide bonds. The second kappa shape index (κ2) is 14.0. The maximum Gasteiger partial charge on any atom is 0.220 e. The number of pyridine rings is 1. The molecule has 0 unspecified atom stereocenters. The van der Waals surface area contributed by atoms with Gasteiger partial charge >= 0.3 is 0 Å². The lowest BCUT2D eigenvalue weighted by atomic mass is 10.4. The van der Waals surface area contributed by atoms with Gasteiger partial charge in [0.2, 0.25) is 9.84 Å². The van der Waals surface area contributed by atoms with Crippen LogP contribution in [0.3, 0.4) is 0 Å². The van der Waals surface area contributed by atoms with E-state index in [0.29, 0.717) is 41.1 Å². The smallest absolute Gasteiger partial charge is 0.220 e. The first kappa shape index (κ1) is 26.9. The van der Waals surface area contributed by atoms with Crippen LogP contribution in [0.15, 0.2) is 81.1 Å². The zero-order valence-electron chi connectivity index (χ0n) is 18.7. The van der Waals surface area contributed by atoms with Crippen LogP contribution >= 0.6 is 35.1 Å². The first-order valence-electron chi connectivity index (χ1n) is 10.6. The van der Waals surface area contributed by atoms with Crippen LogP contribution in [0.25, 0.3) is 0 Å². The van der Waals surface area contributed by atoms with E-state index in [9.17, 15) is 13.7 Å². The summed E-state index contributed by atoms with van der Waals surface area (Å²) in [5.74, 6) is 2.82. The summed E-state index contributed by atoms with van der Waals surface area (Å²) in [7, 11) is -3.99. The maximum absolute atomic E-state index is 13.1. The number of hydrogen-bond acceptors (Lipinski definition) is 10. The second-order valence-electron chi connectivity index (χ2n) is 7.01. The van der Waals surface area contributed by atoms with Crippen molar-refractivity contribution < 1.29 is 12.9 Å². The lowest BCUT2D eigenvalue weighted by Gasteiger charge is -2.16. The van der Waals surface area contributed by atoms with Crippen molar-refractivity contribution in [1.29, 1.82) is 5.26 Å². The third kappa shape index (κ3) is 8.21. The number of halogens is 1. The predicted octanol–water partition coefficient (Wildman–Crippen LogP) is 4.24. The van der Waals surface area contributed by atoms with Crippen LogP contribution in [0, 0.1) is 11.3 Å². The number of benzene rings is 1. The Morgan fingerprint density at radius 2 is 1.74 bits per heavy atom. The Labute approximate surface area is 218 Å². The maximum atomic E-state index is 13.1. The minimum Gasteiger partial charge on any atom is -0.369 e. The molecule has 0 saturated heterocycles. The molecule has 0 aliphatic carbocycles. The van der Waals surface area contributed by atoms with Gasteiger partial charge in [0.05, 0.1) is 21.3 Å². The molecule has 0 radical (unpaired) electrons. The Bertz CT molecular complexity index is 1250. The Kier molecular flexibility index (Phi) is 10.8. The lowest BCUT2D eigenvalue weighted by molar-refractivity contribution is 0.414. The van der Waals surface area contributed by atoms with E-state index in [0.717, 1.165) is 11.4 Å². The highest BCUT2D eigenvalue weighted by atomic mass is 35.5. The highest BCUT2D eigenvalue weighted by Gasteiger charge is 2.25. The minimum absolute atomic E-state index is 0.0669. The summed E-state index contributed by atoms with van der Waals surface area (Å²) in [5.41, 5.74) is 1.62. The van der Waals surface area contributed by atoms with Gasteiger partial charge in [-0.25, -0.2) is 8.42 Å². The minimum atomic E-state index is -3.99. The number of allylic oxidation sites excluding steroid dienone is 1. The number of nitriles is 1. The molecule has 184 valence electrons.